The van der Waals surface area contributed by atoms with Crippen LogP contribution in [0.4, 0.5) is 0 Å². The SMILES string of the molecule is CC1CC(C)CN(C(=O)Cn2ncc3c2-c2ccccc2OC3)C1. The highest BCUT2D eigenvalue weighted by atomic mass is 16.5. The molecule has 1 aromatic carbocycles. The zero-order valence-electron chi connectivity index (χ0n) is 14.2. The fraction of sp³-hybridized carbons (Fsp3) is 0.474. The zero-order chi connectivity index (χ0) is 16.7. The number of carbonyl (C=O) groups excluding carboxylic acids is 1. The Labute approximate surface area is 142 Å². The summed E-state index contributed by atoms with van der Waals surface area (Å²) in [6, 6.07) is 7.95. The highest BCUT2D eigenvalue weighted by Gasteiger charge is 2.28. The summed E-state index contributed by atoms with van der Waals surface area (Å²) in [6.07, 6.45) is 3.02. The predicted octanol–water partition coefficient (Wildman–Crippen LogP) is 2.95. The normalized spacial score (nSPS) is 22.5. The Hall–Kier alpha value is -2.30. The summed E-state index contributed by atoms with van der Waals surface area (Å²) in [5.74, 6) is 2.15. The average molecular weight is 325 g/mol. The largest absolute Gasteiger partial charge is 0.488 e. The summed E-state index contributed by atoms with van der Waals surface area (Å²) < 4.78 is 7.60. The number of rotatable bonds is 2. The maximum atomic E-state index is 12.8. The van der Waals surface area contributed by atoms with Crippen molar-refractivity contribution in [2.75, 3.05) is 13.1 Å². The Morgan fingerprint density at radius 3 is 2.79 bits per heavy atom. The lowest BCUT2D eigenvalue weighted by Gasteiger charge is -2.35. The van der Waals surface area contributed by atoms with Gasteiger partial charge in [-0.1, -0.05) is 26.0 Å². The molecule has 0 saturated carbocycles. The van der Waals surface area contributed by atoms with Gasteiger partial charge >= 0.3 is 0 Å². The Bertz CT molecular complexity index is 758. The lowest BCUT2D eigenvalue weighted by molar-refractivity contribution is -0.134. The van der Waals surface area contributed by atoms with Gasteiger partial charge in [0, 0.05) is 24.2 Å². The van der Waals surface area contributed by atoms with Gasteiger partial charge in [-0.2, -0.15) is 5.10 Å². The fourth-order valence-corrected chi connectivity index (χ4v) is 4.00. The zero-order valence-corrected chi connectivity index (χ0v) is 14.2. The van der Waals surface area contributed by atoms with Crippen LogP contribution in [0.5, 0.6) is 5.75 Å². The first kappa shape index (κ1) is 15.2. The minimum absolute atomic E-state index is 0.156. The lowest BCUT2D eigenvalue weighted by Crippen LogP contribution is -2.44. The summed E-state index contributed by atoms with van der Waals surface area (Å²) in [6.45, 7) is 6.96. The summed E-state index contributed by atoms with van der Waals surface area (Å²) in [7, 11) is 0. The van der Waals surface area contributed by atoms with Gasteiger partial charge < -0.3 is 9.64 Å². The molecule has 0 bridgehead atoms. The Morgan fingerprint density at radius 1 is 1.25 bits per heavy atom. The first-order valence-corrected chi connectivity index (χ1v) is 8.66. The fourth-order valence-electron chi connectivity index (χ4n) is 4.00. The van der Waals surface area contributed by atoms with Gasteiger partial charge in [0.1, 0.15) is 18.9 Å². The minimum atomic E-state index is 0.156. The van der Waals surface area contributed by atoms with Crippen LogP contribution >= 0.6 is 0 Å². The Kier molecular flexibility index (Phi) is 3.79. The third kappa shape index (κ3) is 2.68. The molecule has 3 heterocycles. The van der Waals surface area contributed by atoms with Gasteiger partial charge in [-0.3, -0.25) is 9.48 Å². The minimum Gasteiger partial charge on any atom is -0.488 e. The second-order valence-electron chi connectivity index (χ2n) is 7.21. The van der Waals surface area contributed by atoms with E-state index in [0.29, 0.717) is 25.0 Å². The monoisotopic (exact) mass is 325 g/mol. The summed E-state index contributed by atoms with van der Waals surface area (Å²) >= 11 is 0. The van der Waals surface area contributed by atoms with Crippen molar-refractivity contribution in [3.63, 3.8) is 0 Å². The summed E-state index contributed by atoms with van der Waals surface area (Å²) in [5.41, 5.74) is 3.08. The highest BCUT2D eigenvalue weighted by molar-refractivity contribution is 5.78. The van der Waals surface area contributed by atoms with Crippen molar-refractivity contribution in [2.45, 2.75) is 33.4 Å². The van der Waals surface area contributed by atoms with Crippen molar-refractivity contribution < 1.29 is 9.53 Å². The van der Waals surface area contributed by atoms with E-state index in [2.05, 4.69) is 18.9 Å². The van der Waals surface area contributed by atoms with E-state index < -0.39 is 0 Å². The van der Waals surface area contributed by atoms with E-state index in [4.69, 9.17) is 4.74 Å². The molecular weight excluding hydrogens is 302 g/mol. The van der Waals surface area contributed by atoms with Crippen LogP contribution in [0, 0.1) is 11.8 Å². The van der Waals surface area contributed by atoms with E-state index in [1.165, 1.54) is 6.42 Å². The van der Waals surface area contributed by atoms with E-state index in [0.717, 1.165) is 35.7 Å². The standard InChI is InChI=1S/C19H23N3O2/c1-13-7-14(2)10-21(9-13)18(23)11-22-19-15(8-20-22)12-24-17-6-4-3-5-16(17)19/h3-6,8,13-14H,7,9-12H2,1-2H3. The van der Waals surface area contributed by atoms with Crippen molar-refractivity contribution in [3.8, 4) is 17.0 Å². The van der Waals surface area contributed by atoms with Gasteiger partial charge in [0.05, 0.1) is 11.9 Å². The van der Waals surface area contributed by atoms with Crippen LogP contribution in [0.2, 0.25) is 0 Å². The smallest absolute Gasteiger partial charge is 0.244 e. The molecule has 2 unspecified atom stereocenters. The molecule has 2 aliphatic heterocycles. The van der Waals surface area contributed by atoms with E-state index >= 15 is 0 Å². The molecule has 5 heteroatoms. The number of nitrogens with zero attached hydrogens (tertiary/aromatic N) is 3. The molecule has 0 N–H and O–H groups in total. The second-order valence-corrected chi connectivity index (χ2v) is 7.21. The van der Waals surface area contributed by atoms with Crippen molar-refractivity contribution in [1.82, 2.24) is 14.7 Å². The molecule has 1 amide bonds. The number of benzene rings is 1. The van der Waals surface area contributed by atoms with Gasteiger partial charge in [-0.05, 0) is 30.4 Å². The number of para-hydroxylation sites is 1. The van der Waals surface area contributed by atoms with Crippen LogP contribution in [-0.2, 0) is 17.9 Å². The van der Waals surface area contributed by atoms with Crippen molar-refractivity contribution in [1.29, 1.82) is 0 Å². The number of carbonyl (C=O) groups is 1. The number of ether oxygens (including phenoxy) is 1. The number of hydrogen-bond donors (Lipinski definition) is 0. The molecule has 2 aliphatic rings. The second kappa shape index (κ2) is 5.96. The maximum absolute atomic E-state index is 12.8. The molecule has 2 aromatic rings. The van der Waals surface area contributed by atoms with Crippen LogP contribution < -0.4 is 4.74 Å². The molecule has 1 fully saturated rings. The maximum Gasteiger partial charge on any atom is 0.244 e. The number of likely N-dealkylation sites (tertiary alicyclic amines) is 1. The van der Waals surface area contributed by atoms with Crippen molar-refractivity contribution >= 4 is 5.91 Å². The molecule has 126 valence electrons. The average Bonchev–Trinajstić information content (AvgIpc) is 2.97. The molecule has 0 radical (unpaired) electrons. The van der Waals surface area contributed by atoms with Gasteiger partial charge in [0.15, 0.2) is 0 Å². The Morgan fingerprint density at radius 2 is 2.00 bits per heavy atom. The molecular formula is C19H23N3O2. The van der Waals surface area contributed by atoms with Gasteiger partial charge in [-0.15, -0.1) is 0 Å². The predicted molar refractivity (Wildman–Crippen MR) is 91.5 cm³/mol. The number of hydrogen-bond acceptors (Lipinski definition) is 3. The lowest BCUT2D eigenvalue weighted by atomic mass is 9.92. The van der Waals surface area contributed by atoms with Crippen molar-refractivity contribution in [2.24, 2.45) is 11.8 Å². The number of piperidine rings is 1. The number of fused-ring (bicyclic) bond motifs is 3. The number of amides is 1. The van der Waals surface area contributed by atoms with E-state index in [1.807, 2.05) is 40.0 Å². The highest BCUT2D eigenvalue weighted by Crippen LogP contribution is 2.37. The van der Waals surface area contributed by atoms with Crippen LogP contribution in [0.15, 0.2) is 30.5 Å². The van der Waals surface area contributed by atoms with E-state index in [9.17, 15) is 4.79 Å². The topological polar surface area (TPSA) is 47.4 Å². The van der Waals surface area contributed by atoms with Crippen LogP contribution in [-0.4, -0.2) is 33.7 Å². The molecule has 2 atom stereocenters. The molecule has 4 rings (SSSR count). The molecule has 0 spiro atoms. The first-order valence-electron chi connectivity index (χ1n) is 8.66. The van der Waals surface area contributed by atoms with Crippen LogP contribution in [0.1, 0.15) is 25.8 Å². The third-order valence-electron chi connectivity index (χ3n) is 4.95. The van der Waals surface area contributed by atoms with Gasteiger partial charge in [-0.25, -0.2) is 0 Å². The van der Waals surface area contributed by atoms with E-state index in [-0.39, 0.29) is 5.91 Å². The molecule has 24 heavy (non-hydrogen) atoms. The summed E-state index contributed by atoms with van der Waals surface area (Å²) in [5, 5.41) is 4.46. The quantitative estimate of drug-likeness (QED) is 0.853. The third-order valence-corrected chi connectivity index (χ3v) is 4.95. The molecule has 1 aromatic heterocycles. The summed E-state index contributed by atoms with van der Waals surface area (Å²) in [4.78, 5) is 14.8. The van der Waals surface area contributed by atoms with Crippen LogP contribution in [0.3, 0.4) is 0 Å². The Balaban J connectivity index is 1.59. The van der Waals surface area contributed by atoms with Crippen LogP contribution in [0.25, 0.3) is 11.3 Å². The van der Waals surface area contributed by atoms with Crippen molar-refractivity contribution in [3.05, 3.63) is 36.0 Å². The first-order chi connectivity index (χ1) is 11.6. The molecule has 5 nitrogen and oxygen atoms in total. The number of aromatic nitrogens is 2. The van der Waals surface area contributed by atoms with E-state index in [1.54, 1.807) is 0 Å². The molecule has 1 saturated heterocycles. The van der Waals surface area contributed by atoms with Gasteiger partial charge in [0.25, 0.3) is 0 Å². The molecule has 0 aliphatic carbocycles. The van der Waals surface area contributed by atoms with Gasteiger partial charge in [0.2, 0.25) is 5.91 Å².